The number of rotatable bonds is 5. The van der Waals surface area contributed by atoms with Crippen molar-refractivity contribution in [2.45, 2.75) is 51.3 Å². The first-order valence-electron chi connectivity index (χ1n) is 7.87. The van der Waals surface area contributed by atoms with E-state index < -0.39 is 5.97 Å². The van der Waals surface area contributed by atoms with E-state index in [2.05, 4.69) is 4.90 Å². The average Bonchev–Trinajstić information content (AvgIpc) is 3.05. The molecule has 1 aromatic rings. The summed E-state index contributed by atoms with van der Waals surface area (Å²) in [6, 6.07) is 5.34. The van der Waals surface area contributed by atoms with Crippen LogP contribution >= 0.6 is 0 Å². The van der Waals surface area contributed by atoms with Crippen molar-refractivity contribution in [3.05, 3.63) is 34.9 Å². The number of aliphatic hydroxyl groups excluding tert-OH is 1. The van der Waals surface area contributed by atoms with E-state index in [1.807, 2.05) is 6.07 Å². The fourth-order valence-corrected chi connectivity index (χ4v) is 3.73. The maximum absolute atomic E-state index is 11.0. The normalized spacial score (nSPS) is 20.6. The molecular formula is C17H23NO3. The third-order valence-electron chi connectivity index (χ3n) is 4.79. The van der Waals surface area contributed by atoms with Crippen molar-refractivity contribution in [1.29, 1.82) is 0 Å². The maximum atomic E-state index is 11.0. The molecule has 1 unspecified atom stereocenters. The molecule has 1 atom stereocenters. The molecule has 0 saturated heterocycles. The SMILES string of the molecule is O=C(O)c1ccc2c(c1)CN(CC(O)CC1CCCC1)C2. The maximum Gasteiger partial charge on any atom is 0.335 e. The monoisotopic (exact) mass is 289 g/mol. The molecule has 0 radical (unpaired) electrons. The summed E-state index contributed by atoms with van der Waals surface area (Å²) in [5.41, 5.74) is 2.62. The quantitative estimate of drug-likeness (QED) is 0.875. The van der Waals surface area contributed by atoms with E-state index in [9.17, 15) is 9.90 Å². The zero-order valence-corrected chi connectivity index (χ0v) is 12.3. The highest BCUT2D eigenvalue weighted by molar-refractivity contribution is 5.87. The molecule has 2 N–H and O–H groups in total. The van der Waals surface area contributed by atoms with Gasteiger partial charge >= 0.3 is 5.97 Å². The summed E-state index contributed by atoms with van der Waals surface area (Å²) in [5.74, 6) is -0.180. The second kappa shape index (κ2) is 6.16. The number of carbonyl (C=O) groups is 1. The Bertz CT molecular complexity index is 523. The fraction of sp³-hybridized carbons (Fsp3) is 0.588. The number of fused-ring (bicyclic) bond motifs is 1. The van der Waals surface area contributed by atoms with Gasteiger partial charge in [-0.25, -0.2) is 4.79 Å². The van der Waals surface area contributed by atoms with Gasteiger partial charge in [0.1, 0.15) is 0 Å². The standard InChI is InChI=1S/C17H23NO3/c19-16(7-12-3-1-2-4-12)11-18-9-14-6-5-13(17(20)21)8-15(14)10-18/h5-6,8,12,16,19H,1-4,7,9-11H2,(H,20,21). The van der Waals surface area contributed by atoms with Crippen molar-refractivity contribution in [2.75, 3.05) is 6.54 Å². The van der Waals surface area contributed by atoms with Gasteiger partial charge in [0.15, 0.2) is 0 Å². The van der Waals surface area contributed by atoms with Crippen molar-refractivity contribution in [1.82, 2.24) is 4.90 Å². The third kappa shape index (κ3) is 3.44. The summed E-state index contributed by atoms with van der Waals surface area (Å²) in [4.78, 5) is 13.2. The van der Waals surface area contributed by atoms with Crippen molar-refractivity contribution < 1.29 is 15.0 Å². The molecule has 1 aliphatic carbocycles. The predicted octanol–water partition coefficient (Wildman–Crippen LogP) is 2.64. The van der Waals surface area contributed by atoms with Crippen molar-refractivity contribution in [3.8, 4) is 0 Å². The van der Waals surface area contributed by atoms with Gasteiger partial charge in [0.05, 0.1) is 11.7 Å². The lowest BCUT2D eigenvalue weighted by molar-refractivity contribution is 0.0696. The van der Waals surface area contributed by atoms with Crippen molar-refractivity contribution in [3.63, 3.8) is 0 Å². The molecule has 0 spiro atoms. The number of carboxylic acid groups (broad SMARTS) is 1. The number of aromatic carboxylic acids is 1. The Balaban J connectivity index is 1.55. The molecule has 4 heteroatoms. The average molecular weight is 289 g/mol. The summed E-state index contributed by atoms with van der Waals surface area (Å²) in [5, 5.41) is 19.3. The minimum atomic E-state index is -0.877. The van der Waals surface area contributed by atoms with Crippen LogP contribution < -0.4 is 0 Å². The molecule has 1 aromatic carbocycles. The van der Waals surface area contributed by atoms with Gasteiger partial charge in [0.2, 0.25) is 0 Å². The second-order valence-electron chi connectivity index (χ2n) is 6.50. The first-order valence-corrected chi connectivity index (χ1v) is 7.87. The van der Waals surface area contributed by atoms with Crippen LogP contribution in [0.5, 0.6) is 0 Å². The first-order chi connectivity index (χ1) is 10.1. The summed E-state index contributed by atoms with van der Waals surface area (Å²) in [7, 11) is 0. The van der Waals surface area contributed by atoms with E-state index in [0.29, 0.717) is 18.0 Å². The van der Waals surface area contributed by atoms with E-state index in [4.69, 9.17) is 5.11 Å². The Morgan fingerprint density at radius 1 is 1.24 bits per heavy atom. The van der Waals surface area contributed by atoms with Crippen LogP contribution in [0.3, 0.4) is 0 Å². The lowest BCUT2D eigenvalue weighted by Crippen LogP contribution is -2.29. The molecule has 0 amide bonds. The van der Waals surface area contributed by atoms with E-state index in [1.165, 1.54) is 31.2 Å². The summed E-state index contributed by atoms with van der Waals surface area (Å²) >= 11 is 0. The van der Waals surface area contributed by atoms with Crippen LogP contribution in [0.1, 0.15) is 53.6 Å². The van der Waals surface area contributed by atoms with Gasteiger partial charge in [-0.2, -0.15) is 0 Å². The van der Waals surface area contributed by atoms with E-state index in [1.54, 1.807) is 12.1 Å². The van der Waals surface area contributed by atoms with E-state index >= 15 is 0 Å². The number of benzene rings is 1. The molecule has 1 heterocycles. The number of aliphatic hydroxyl groups is 1. The Kier molecular flexibility index (Phi) is 4.27. The van der Waals surface area contributed by atoms with Gasteiger partial charge in [0, 0.05) is 19.6 Å². The van der Waals surface area contributed by atoms with Gasteiger partial charge < -0.3 is 10.2 Å². The molecular weight excluding hydrogens is 266 g/mol. The van der Waals surface area contributed by atoms with Crippen LogP contribution in [0.25, 0.3) is 0 Å². The van der Waals surface area contributed by atoms with Crippen LogP contribution in [0.4, 0.5) is 0 Å². The Hall–Kier alpha value is -1.39. The molecule has 0 bridgehead atoms. The van der Waals surface area contributed by atoms with Gasteiger partial charge in [-0.15, -0.1) is 0 Å². The Morgan fingerprint density at radius 2 is 1.95 bits per heavy atom. The summed E-state index contributed by atoms with van der Waals surface area (Å²) < 4.78 is 0. The highest BCUT2D eigenvalue weighted by atomic mass is 16.4. The highest BCUT2D eigenvalue weighted by Crippen LogP contribution is 2.30. The van der Waals surface area contributed by atoms with Crippen molar-refractivity contribution >= 4 is 5.97 Å². The van der Waals surface area contributed by atoms with Crippen LogP contribution in [0.15, 0.2) is 18.2 Å². The lowest BCUT2D eigenvalue weighted by atomic mass is 10.00. The molecule has 2 aliphatic rings. The predicted molar refractivity (Wildman–Crippen MR) is 80.1 cm³/mol. The molecule has 1 saturated carbocycles. The zero-order chi connectivity index (χ0) is 14.8. The number of β-amino-alcohol motifs (C(OH)–C–C–N with tert-alkyl or cyclic N) is 1. The fourth-order valence-electron chi connectivity index (χ4n) is 3.73. The summed E-state index contributed by atoms with van der Waals surface area (Å²) in [6.45, 7) is 2.25. The number of nitrogens with zero attached hydrogens (tertiary/aromatic N) is 1. The molecule has 0 aromatic heterocycles. The molecule has 3 rings (SSSR count). The lowest BCUT2D eigenvalue weighted by Gasteiger charge is -2.21. The minimum Gasteiger partial charge on any atom is -0.478 e. The minimum absolute atomic E-state index is 0.263. The highest BCUT2D eigenvalue weighted by Gasteiger charge is 2.24. The molecule has 4 nitrogen and oxygen atoms in total. The van der Waals surface area contributed by atoms with Crippen LogP contribution in [0.2, 0.25) is 0 Å². The zero-order valence-electron chi connectivity index (χ0n) is 12.3. The molecule has 114 valence electrons. The van der Waals surface area contributed by atoms with Gasteiger partial charge in [-0.05, 0) is 35.6 Å². The Labute approximate surface area is 125 Å². The van der Waals surface area contributed by atoms with Crippen molar-refractivity contribution in [2.24, 2.45) is 5.92 Å². The van der Waals surface area contributed by atoms with E-state index in [-0.39, 0.29) is 6.10 Å². The van der Waals surface area contributed by atoms with Gasteiger partial charge in [0.25, 0.3) is 0 Å². The number of carboxylic acids is 1. The third-order valence-corrected chi connectivity index (χ3v) is 4.79. The number of hydrogen-bond acceptors (Lipinski definition) is 3. The second-order valence-corrected chi connectivity index (χ2v) is 6.50. The smallest absolute Gasteiger partial charge is 0.335 e. The first kappa shape index (κ1) is 14.5. The number of hydrogen-bond donors (Lipinski definition) is 2. The van der Waals surface area contributed by atoms with Gasteiger partial charge in [-0.3, -0.25) is 4.90 Å². The summed E-state index contributed by atoms with van der Waals surface area (Å²) in [6.07, 6.45) is 5.79. The molecule has 1 fully saturated rings. The van der Waals surface area contributed by atoms with Crippen LogP contribution in [0, 0.1) is 5.92 Å². The van der Waals surface area contributed by atoms with Crippen LogP contribution in [-0.4, -0.2) is 33.7 Å². The molecule has 21 heavy (non-hydrogen) atoms. The van der Waals surface area contributed by atoms with Gasteiger partial charge in [-0.1, -0.05) is 31.7 Å². The van der Waals surface area contributed by atoms with E-state index in [0.717, 1.165) is 25.1 Å². The Morgan fingerprint density at radius 3 is 2.67 bits per heavy atom. The van der Waals surface area contributed by atoms with Crippen LogP contribution in [-0.2, 0) is 13.1 Å². The molecule has 1 aliphatic heterocycles. The topological polar surface area (TPSA) is 60.8 Å². The largest absolute Gasteiger partial charge is 0.478 e.